The van der Waals surface area contributed by atoms with Crippen molar-refractivity contribution in [1.29, 1.82) is 0 Å². The lowest BCUT2D eigenvalue weighted by molar-refractivity contribution is 0.910. The molecule has 2 aromatic rings. The number of hydrogen-bond acceptors (Lipinski definition) is 1. The van der Waals surface area contributed by atoms with Crippen molar-refractivity contribution < 1.29 is 0 Å². The van der Waals surface area contributed by atoms with Crippen molar-refractivity contribution in [3.63, 3.8) is 0 Å². The molecule has 2 rings (SSSR count). The van der Waals surface area contributed by atoms with Crippen molar-refractivity contribution in [1.82, 2.24) is 4.57 Å². The van der Waals surface area contributed by atoms with E-state index in [1.807, 2.05) is 0 Å². The van der Waals surface area contributed by atoms with E-state index in [1.54, 1.807) is 0 Å². The summed E-state index contributed by atoms with van der Waals surface area (Å²) < 4.78 is 2.24. The summed E-state index contributed by atoms with van der Waals surface area (Å²) in [6, 6.07) is 8.52. The molecule has 0 radical (unpaired) electrons. The van der Waals surface area contributed by atoms with Gasteiger partial charge in [0.15, 0.2) is 0 Å². The summed E-state index contributed by atoms with van der Waals surface area (Å²) in [6.45, 7) is 2.16. The van der Waals surface area contributed by atoms with Gasteiger partial charge in [-0.15, -0.1) is 0 Å². The van der Waals surface area contributed by atoms with Gasteiger partial charge in [-0.2, -0.15) is 0 Å². The molecule has 1 aromatic heterocycles. The molecule has 0 aliphatic heterocycles. The Morgan fingerprint density at radius 3 is 2.43 bits per heavy atom. The van der Waals surface area contributed by atoms with Crippen LogP contribution in [0.2, 0.25) is 0 Å². The minimum Gasteiger partial charge on any atom is -0.376 e. The fourth-order valence-corrected chi connectivity index (χ4v) is 2.07. The second kappa shape index (κ2) is 3.05. The van der Waals surface area contributed by atoms with E-state index in [1.165, 1.54) is 22.3 Å². The SMILES string of the molecule is Cc1c(N(C)C)c2ccccc2n1C. The lowest BCUT2D eigenvalue weighted by Gasteiger charge is -2.12. The number of nitrogens with zero attached hydrogens (tertiary/aromatic N) is 2. The van der Waals surface area contributed by atoms with E-state index in [4.69, 9.17) is 0 Å². The second-order valence-corrected chi connectivity index (χ2v) is 3.90. The lowest BCUT2D eigenvalue weighted by Crippen LogP contribution is -2.09. The Hall–Kier alpha value is -1.44. The summed E-state index contributed by atoms with van der Waals surface area (Å²) in [7, 11) is 6.30. The van der Waals surface area contributed by atoms with Crippen LogP contribution in [0.15, 0.2) is 24.3 Å². The van der Waals surface area contributed by atoms with E-state index in [0.29, 0.717) is 0 Å². The highest BCUT2D eigenvalue weighted by atomic mass is 15.1. The third kappa shape index (κ3) is 1.10. The maximum Gasteiger partial charge on any atom is 0.0651 e. The maximum absolute atomic E-state index is 2.24. The van der Waals surface area contributed by atoms with E-state index < -0.39 is 0 Å². The number of anilines is 1. The Morgan fingerprint density at radius 1 is 1.14 bits per heavy atom. The topological polar surface area (TPSA) is 8.17 Å². The van der Waals surface area contributed by atoms with Crippen molar-refractivity contribution in [3.8, 4) is 0 Å². The Morgan fingerprint density at radius 2 is 1.79 bits per heavy atom. The molecule has 0 spiro atoms. The number of hydrogen-bond donors (Lipinski definition) is 0. The zero-order valence-electron chi connectivity index (χ0n) is 9.20. The highest BCUT2D eigenvalue weighted by Gasteiger charge is 2.11. The van der Waals surface area contributed by atoms with Crippen molar-refractivity contribution in [3.05, 3.63) is 30.0 Å². The highest BCUT2D eigenvalue weighted by Crippen LogP contribution is 2.31. The molecule has 1 aromatic carbocycles. The van der Waals surface area contributed by atoms with Crippen LogP contribution in [0.1, 0.15) is 5.69 Å². The third-order valence-electron chi connectivity index (χ3n) is 2.81. The fourth-order valence-electron chi connectivity index (χ4n) is 2.07. The predicted octanol–water partition coefficient (Wildman–Crippen LogP) is 2.55. The predicted molar refractivity (Wildman–Crippen MR) is 62.0 cm³/mol. The maximum atomic E-state index is 2.24. The van der Waals surface area contributed by atoms with Crippen LogP contribution in [0.25, 0.3) is 10.9 Å². The molecule has 0 aliphatic rings. The molecular formula is C12H16N2. The van der Waals surface area contributed by atoms with Crippen LogP contribution in [0, 0.1) is 6.92 Å². The van der Waals surface area contributed by atoms with Crippen LogP contribution >= 0.6 is 0 Å². The van der Waals surface area contributed by atoms with E-state index in [-0.39, 0.29) is 0 Å². The van der Waals surface area contributed by atoms with Crippen LogP contribution in [0.3, 0.4) is 0 Å². The first kappa shape index (κ1) is 9.13. The standard InChI is InChI=1S/C12H16N2/c1-9-12(13(2)3)10-7-5-6-8-11(10)14(9)4/h5-8H,1-4H3. The Bertz CT molecular complexity index is 466. The van der Waals surface area contributed by atoms with Gasteiger partial charge in [-0.25, -0.2) is 0 Å². The van der Waals surface area contributed by atoms with Crippen LogP contribution in [-0.4, -0.2) is 18.7 Å². The Labute approximate surface area is 84.8 Å². The molecule has 0 saturated carbocycles. The average molecular weight is 188 g/mol. The van der Waals surface area contributed by atoms with Crippen molar-refractivity contribution >= 4 is 16.6 Å². The molecule has 0 atom stereocenters. The number of aryl methyl sites for hydroxylation is 1. The molecule has 2 heteroatoms. The minimum absolute atomic E-state index is 1.30. The molecule has 0 amide bonds. The number of rotatable bonds is 1. The normalized spacial score (nSPS) is 10.9. The lowest BCUT2D eigenvalue weighted by atomic mass is 10.2. The van der Waals surface area contributed by atoms with Crippen molar-refractivity contribution in [2.45, 2.75) is 6.92 Å². The fraction of sp³-hybridized carbons (Fsp3) is 0.333. The molecule has 0 aliphatic carbocycles. The van der Waals surface area contributed by atoms with Gasteiger partial charge in [0.05, 0.1) is 11.2 Å². The van der Waals surface area contributed by atoms with Gasteiger partial charge in [0.2, 0.25) is 0 Å². The molecule has 14 heavy (non-hydrogen) atoms. The molecule has 0 saturated heterocycles. The summed E-state index contributed by atoms with van der Waals surface area (Å²) in [5, 5.41) is 1.33. The van der Waals surface area contributed by atoms with Crippen LogP contribution in [-0.2, 0) is 7.05 Å². The highest BCUT2D eigenvalue weighted by molar-refractivity contribution is 5.95. The number of fused-ring (bicyclic) bond motifs is 1. The van der Waals surface area contributed by atoms with Gasteiger partial charge in [0.1, 0.15) is 0 Å². The smallest absolute Gasteiger partial charge is 0.0651 e. The first-order valence-corrected chi connectivity index (χ1v) is 4.84. The molecule has 0 unspecified atom stereocenters. The zero-order valence-corrected chi connectivity index (χ0v) is 9.20. The average Bonchev–Trinajstić information content (AvgIpc) is 2.41. The monoisotopic (exact) mass is 188 g/mol. The Balaban J connectivity index is 2.88. The van der Waals surface area contributed by atoms with Gasteiger partial charge in [0, 0.05) is 32.2 Å². The summed E-state index contributed by atoms with van der Waals surface area (Å²) in [4.78, 5) is 2.18. The van der Waals surface area contributed by atoms with Gasteiger partial charge in [-0.05, 0) is 13.0 Å². The van der Waals surface area contributed by atoms with Gasteiger partial charge in [-0.3, -0.25) is 0 Å². The van der Waals surface area contributed by atoms with E-state index in [0.717, 1.165) is 0 Å². The number of benzene rings is 1. The van der Waals surface area contributed by atoms with Crippen LogP contribution < -0.4 is 4.90 Å². The summed E-state index contributed by atoms with van der Waals surface area (Å²) in [6.07, 6.45) is 0. The molecule has 2 nitrogen and oxygen atoms in total. The summed E-state index contributed by atoms with van der Waals surface area (Å²) in [5.41, 5.74) is 3.94. The molecule has 0 bridgehead atoms. The van der Waals surface area contributed by atoms with E-state index >= 15 is 0 Å². The van der Waals surface area contributed by atoms with E-state index in [9.17, 15) is 0 Å². The molecular weight excluding hydrogens is 172 g/mol. The third-order valence-corrected chi connectivity index (χ3v) is 2.81. The van der Waals surface area contributed by atoms with Gasteiger partial charge >= 0.3 is 0 Å². The molecule has 0 N–H and O–H groups in total. The van der Waals surface area contributed by atoms with Gasteiger partial charge < -0.3 is 9.47 Å². The van der Waals surface area contributed by atoms with Gasteiger partial charge in [0.25, 0.3) is 0 Å². The molecule has 0 fully saturated rings. The van der Waals surface area contributed by atoms with Crippen molar-refractivity contribution in [2.75, 3.05) is 19.0 Å². The largest absolute Gasteiger partial charge is 0.376 e. The van der Waals surface area contributed by atoms with Crippen LogP contribution in [0.5, 0.6) is 0 Å². The summed E-state index contributed by atoms with van der Waals surface area (Å²) >= 11 is 0. The Kier molecular flexibility index (Phi) is 1.99. The van der Waals surface area contributed by atoms with E-state index in [2.05, 4.69) is 61.8 Å². The zero-order chi connectivity index (χ0) is 10.3. The quantitative estimate of drug-likeness (QED) is 0.667. The molecule has 1 heterocycles. The second-order valence-electron chi connectivity index (χ2n) is 3.90. The van der Waals surface area contributed by atoms with Crippen LogP contribution in [0.4, 0.5) is 5.69 Å². The molecule has 74 valence electrons. The first-order valence-electron chi connectivity index (χ1n) is 4.84. The number of aromatic nitrogens is 1. The first-order chi connectivity index (χ1) is 6.63. The van der Waals surface area contributed by atoms with Crippen molar-refractivity contribution in [2.24, 2.45) is 7.05 Å². The summed E-state index contributed by atoms with van der Waals surface area (Å²) in [5.74, 6) is 0. The minimum atomic E-state index is 1.30. The number of para-hydroxylation sites is 1. The van der Waals surface area contributed by atoms with Gasteiger partial charge in [-0.1, -0.05) is 18.2 Å².